The average Bonchev–Trinajstić information content (AvgIpc) is 2.84. The molecule has 1 atom stereocenters. The van der Waals surface area contributed by atoms with Gasteiger partial charge in [-0.15, -0.1) is 0 Å². The van der Waals surface area contributed by atoms with Crippen LogP contribution < -0.4 is 10.6 Å². The minimum Gasteiger partial charge on any atom is -0.504 e. The largest absolute Gasteiger partial charge is 0.504 e. The van der Waals surface area contributed by atoms with Crippen LogP contribution in [0.2, 0.25) is 0 Å². The molecule has 10 heteroatoms. The highest BCUT2D eigenvalue weighted by Gasteiger charge is 2.21. The Morgan fingerprint density at radius 3 is 1.89 bits per heavy atom. The van der Waals surface area contributed by atoms with Crippen molar-refractivity contribution in [2.75, 3.05) is 6.54 Å². The monoisotopic (exact) mass is 494 g/mol. The lowest BCUT2D eigenvalue weighted by Crippen LogP contribution is -2.48. The van der Waals surface area contributed by atoms with Crippen LogP contribution in [0.1, 0.15) is 16.7 Å². The van der Waals surface area contributed by atoms with Gasteiger partial charge in [0.25, 0.3) is 0 Å². The second kappa shape index (κ2) is 11.5. The van der Waals surface area contributed by atoms with E-state index in [-0.39, 0.29) is 47.5 Å². The van der Waals surface area contributed by atoms with Crippen LogP contribution in [0.5, 0.6) is 34.5 Å². The minimum atomic E-state index is -1.03. The summed E-state index contributed by atoms with van der Waals surface area (Å²) in [6.07, 6.45) is 2.93. The lowest BCUT2D eigenvalue weighted by Gasteiger charge is -2.18. The Morgan fingerprint density at radius 2 is 1.28 bits per heavy atom. The molecule has 0 aliphatic carbocycles. The van der Waals surface area contributed by atoms with Gasteiger partial charge in [0, 0.05) is 19.0 Å². The third kappa shape index (κ3) is 7.07. The normalized spacial score (nSPS) is 11.8. The van der Waals surface area contributed by atoms with E-state index >= 15 is 0 Å². The molecule has 8 N–H and O–H groups in total. The van der Waals surface area contributed by atoms with Crippen LogP contribution in [0.4, 0.5) is 0 Å². The number of phenols is 6. The zero-order chi connectivity index (χ0) is 26.2. The second-order valence-corrected chi connectivity index (χ2v) is 8.03. The molecule has 10 nitrogen and oxygen atoms in total. The Labute approximate surface area is 206 Å². The van der Waals surface area contributed by atoms with Crippen molar-refractivity contribution in [2.45, 2.75) is 18.9 Å². The highest BCUT2D eigenvalue weighted by atomic mass is 16.3. The SMILES string of the molecule is O=C(C=Cc1ccc(O)c(O)c1)N[C@@H](Cc1ccc(O)c(O)c1)C(=O)NCCc1ccc(O)c(O)c1. The number of rotatable bonds is 9. The fraction of sp³-hybridized carbons (Fsp3) is 0.154. The minimum absolute atomic E-state index is 0.0131. The Hall–Kier alpha value is -4.86. The third-order valence-electron chi connectivity index (χ3n) is 5.29. The van der Waals surface area contributed by atoms with E-state index in [1.165, 1.54) is 60.7 Å². The number of benzene rings is 3. The molecule has 0 saturated heterocycles. The topological polar surface area (TPSA) is 180 Å². The van der Waals surface area contributed by atoms with Crippen molar-refractivity contribution < 1.29 is 40.2 Å². The van der Waals surface area contributed by atoms with Crippen molar-refractivity contribution >= 4 is 17.9 Å². The molecule has 0 radical (unpaired) electrons. The zero-order valence-electron chi connectivity index (χ0n) is 19.0. The van der Waals surface area contributed by atoms with E-state index in [1.807, 2.05) is 0 Å². The van der Waals surface area contributed by atoms with Gasteiger partial charge in [-0.3, -0.25) is 9.59 Å². The first kappa shape index (κ1) is 25.8. The number of hydrogen-bond acceptors (Lipinski definition) is 8. The number of carbonyl (C=O) groups excluding carboxylic acids is 2. The summed E-state index contributed by atoms with van der Waals surface area (Å²) < 4.78 is 0. The van der Waals surface area contributed by atoms with Gasteiger partial charge < -0.3 is 41.3 Å². The smallest absolute Gasteiger partial charge is 0.244 e. The highest BCUT2D eigenvalue weighted by Crippen LogP contribution is 2.27. The standard InChI is InChI=1S/C26H26N2O8/c29-19-5-1-15(12-22(19)32)4-8-25(35)28-18(11-17-3-7-21(31)24(34)14-17)26(36)27-10-9-16-2-6-20(30)23(33)13-16/h1-8,12-14,18,29-34H,9-11H2,(H,27,36)(H,28,35)/t18-/m0/s1. The molecule has 3 aromatic carbocycles. The first-order valence-corrected chi connectivity index (χ1v) is 10.9. The average molecular weight is 495 g/mol. The second-order valence-electron chi connectivity index (χ2n) is 8.03. The van der Waals surface area contributed by atoms with Crippen LogP contribution in [0.25, 0.3) is 6.08 Å². The fourth-order valence-electron chi connectivity index (χ4n) is 3.35. The predicted molar refractivity (Wildman–Crippen MR) is 131 cm³/mol. The number of amides is 2. The number of phenolic OH excluding ortho intramolecular Hbond substituents is 6. The lowest BCUT2D eigenvalue weighted by atomic mass is 10.0. The zero-order valence-corrected chi connectivity index (χ0v) is 19.0. The van der Waals surface area contributed by atoms with Crippen LogP contribution in [0, 0.1) is 0 Å². The Bertz CT molecular complexity index is 1290. The molecule has 36 heavy (non-hydrogen) atoms. The van der Waals surface area contributed by atoms with Crippen molar-refractivity contribution in [2.24, 2.45) is 0 Å². The van der Waals surface area contributed by atoms with Gasteiger partial charge in [-0.1, -0.05) is 18.2 Å². The molecule has 2 amide bonds. The van der Waals surface area contributed by atoms with Gasteiger partial charge in [-0.05, 0) is 65.6 Å². The Kier molecular flexibility index (Phi) is 8.24. The molecule has 0 aromatic heterocycles. The third-order valence-corrected chi connectivity index (χ3v) is 5.29. The van der Waals surface area contributed by atoms with E-state index < -0.39 is 17.9 Å². The van der Waals surface area contributed by atoms with E-state index in [1.54, 1.807) is 6.07 Å². The van der Waals surface area contributed by atoms with Crippen LogP contribution >= 0.6 is 0 Å². The van der Waals surface area contributed by atoms with Crippen LogP contribution in [-0.2, 0) is 22.4 Å². The summed E-state index contributed by atoms with van der Waals surface area (Å²) in [6.45, 7) is 0.179. The van der Waals surface area contributed by atoms with Crippen LogP contribution in [-0.4, -0.2) is 55.0 Å². The maximum absolute atomic E-state index is 12.9. The maximum Gasteiger partial charge on any atom is 0.244 e. The van der Waals surface area contributed by atoms with Gasteiger partial charge in [0.2, 0.25) is 11.8 Å². The van der Waals surface area contributed by atoms with E-state index in [0.717, 1.165) is 0 Å². The van der Waals surface area contributed by atoms with Gasteiger partial charge in [0.15, 0.2) is 34.5 Å². The molecule has 0 unspecified atom stereocenters. The molecule has 0 heterocycles. The van der Waals surface area contributed by atoms with E-state index in [4.69, 9.17) is 0 Å². The predicted octanol–water partition coefficient (Wildman–Crippen LogP) is 2.02. The molecule has 188 valence electrons. The summed E-state index contributed by atoms with van der Waals surface area (Å²) in [4.78, 5) is 25.4. The molecule has 0 bridgehead atoms. The summed E-state index contributed by atoms with van der Waals surface area (Å²) in [5.41, 5.74) is 1.61. The number of carbonyl (C=O) groups is 2. The lowest BCUT2D eigenvalue weighted by molar-refractivity contribution is -0.127. The quantitative estimate of drug-likeness (QED) is 0.164. The van der Waals surface area contributed by atoms with Crippen molar-refractivity contribution in [3.05, 3.63) is 77.4 Å². The van der Waals surface area contributed by atoms with Gasteiger partial charge in [0.1, 0.15) is 6.04 Å². The molecular formula is C26H26N2O8. The first-order valence-electron chi connectivity index (χ1n) is 10.9. The molecule has 0 aliphatic rings. The van der Waals surface area contributed by atoms with Gasteiger partial charge in [0.05, 0.1) is 0 Å². The van der Waals surface area contributed by atoms with E-state index in [0.29, 0.717) is 23.1 Å². The summed E-state index contributed by atoms with van der Waals surface area (Å²) >= 11 is 0. The molecular weight excluding hydrogens is 468 g/mol. The van der Waals surface area contributed by atoms with Crippen molar-refractivity contribution in [1.29, 1.82) is 0 Å². The van der Waals surface area contributed by atoms with Gasteiger partial charge in [-0.25, -0.2) is 0 Å². The van der Waals surface area contributed by atoms with Crippen LogP contribution in [0.15, 0.2) is 60.7 Å². The summed E-state index contributed by atoms with van der Waals surface area (Å²) in [5.74, 6) is -2.96. The van der Waals surface area contributed by atoms with Crippen molar-refractivity contribution in [3.63, 3.8) is 0 Å². The molecule has 0 saturated carbocycles. The molecule has 3 aromatic rings. The fourth-order valence-corrected chi connectivity index (χ4v) is 3.35. The summed E-state index contributed by atoms with van der Waals surface area (Å²) in [5, 5.41) is 62.6. The summed E-state index contributed by atoms with van der Waals surface area (Å²) in [6, 6.07) is 11.4. The Balaban J connectivity index is 1.68. The van der Waals surface area contributed by atoms with Gasteiger partial charge >= 0.3 is 0 Å². The molecule has 0 spiro atoms. The van der Waals surface area contributed by atoms with Crippen molar-refractivity contribution in [1.82, 2.24) is 10.6 Å². The number of nitrogens with one attached hydrogen (secondary N) is 2. The van der Waals surface area contributed by atoms with E-state index in [9.17, 15) is 40.2 Å². The van der Waals surface area contributed by atoms with E-state index in [2.05, 4.69) is 10.6 Å². The number of hydrogen-bond donors (Lipinski definition) is 8. The maximum atomic E-state index is 12.9. The molecule has 3 rings (SSSR count). The first-order chi connectivity index (χ1) is 17.1. The molecule has 0 aliphatic heterocycles. The Morgan fingerprint density at radius 1 is 0.722 bits per heavy atom. The van der Waals surface area contributed by atoms with Crippen molar-refractivity contribution in [3.8, 4) is 34.5 Å². The molecule has 0 fully saturated rings. The van der Waals surface area contributed by atoms with Gasteiger partial charge in [-0.2, -0.15) is 0 Å². The highest BCUT2D eigenvalue weighted by molar-refractivity contribution is 5.95. The number of aromatic hydroxyl groups is 6. The summed E-state index contributed by atoms with van der Waals surface area (Å²) in [7, 11) is 0. The van der Waals surface area contributed by atoms with Crippen LogP contribution in [0.3, 0.4) is 0 Å².